The highest BCUT2D eigenvalue weighted by Crippen LogP contribution is 2.24. The molecule has 0 aromatic carbocycles. The molecule has 1 aromatic rings. The normalized spacial score (nSPS) is 18.3. The molecule has 1 saturated heterocycles. The Bertz CT molecular complexity index is 574. The van der Waals surface area contributed by atoms with Crippen molar-refractivity contribution < 1.29 is 13.5 Å². The Morgan fingerprint density at radius 2 is 2.10 bits per heavy atom. The summed E-state index contributed by atoms with van der Waals surface area (Å²) in [6.07, 6.45) is 4.44. The fourth-order valence-electron chi connectivity index (χ4n) is 2.55. The van der Waals surface area contributed by atoms with E-state index in [9.17, 15) is 13.5 Å². The van der Waals surface area contributed by atoms with Crippen LogP contribution >= 0.6 is 15.9 Å². The van der Waals surface area contributed by atoms with Gasteiger partial charge in [0.1, 0.15) is 4.90 Å². The molecule has 0 unspecified atom stereocenters. The van der Waals surface area contributed by atoms with Gasteiger partial charge in [0.2, 0.25) is 10.0 Å². The molecule has 8 heteroatoms. The van der Waals surface area contributed by atoms with Gasteiger partial charge in [0.25, 0.3) is 0 Å². The van der Waals surface area contributed by atoms with E-state index in [4.69, 9.17) is 0 Å². The molecule has 0 atom stereocenters. The molecule has 0 spiro atoms. The molecule has 0 amide bonds. The second kappa shape index (κ2) is 7.15. The maximum atomic E-state index is 12.8. The van der Waals surface area contributed by atoms with E-state index in [1.165, 1.54) is 10.5 Å². The molecule has 1 aliphatic rings. The maximum Gasteiger partial charge on any atom is 0.244 e. The van der Waals surface area contributed by atoms with Crippen LogP contribution < -0.4 is 0 Å². The minimum absolute atomic E-state index is 0.0719. The number of aromatic nitrogens is 1. The van der Waals surface area contributed by atoms with Crippen LogP contribution in [-0.4, -0.2) is 67.0 Å². The molecule has 1 aliphatic heterocycles. The number of nitrogens with zero attached hydrogens (tertiary/aromatic N) is 3. The van der Waals surface area contributed by atoms with E-state index in [-0.39, 0.29) is 24.1 Å². The third-order valence-corrected chi connectivity index (χ3v) is 6.05. The largest absolute Gasteiger partial charge is 0.395 e. The summed E-state index contributed by atoms with van der Waals surface area (Å²) in [5.74, 6) is 0. The predicted molar refractivity (Wildman–Crippen MR) is 83.4 cm³/mol. The van der Waals surface area contributed by atoms with Crippen molar-refractivity contribution in [2.45, 2.75) is 23.8 Å². The Kier molecular flexibility index (Phi) is 5.73. The molecule has 0 aliphatic carbocycles. The highest BCUT2D eigenvalue weighted by atomic mass is 79.9. The number of rotatable bonds is 5. The van der Waals surface area contributed by atoms with Gasteiger partial charge in [0.15, 0.2) is 0 Å². The summed E-state index contributed by atoms with van der Waals surface area (Å²) in [5.41, 5.74) is 0. The van der Waals surface area contributed by atoms with Crippen molar-refractivity contribution in [1.29, 1.82) is 0 Å². The average Bonchev–Trinajstić information content (AvgIpc) is 2.46. The molecule has 1 aromatic heterocycles. The van der Waals surface area contributed by atoms with Crippen LogP contribution in [0.15, 0.2) is 27.8 Å². The fourth-order valence-corrected chi connectivity index (χ4v) is 4.73. The SMILES string of the molecule is CN1CCC(N(CCO)S(=O)(=O)c2cncc(Br)c2)CC1. The molecule has 2 heterocycles. The fraction of sp³-hybridized carbons (Fsp3) is 0.615. The van der Waals surface area contributed by atoms with Gasteiger partial charge in [-0.25, -0.2) is 8.42 Å². The van der Waals surface area contributed by atoms with Gasteiger partial charge in [0, 0.05) is 29.5 Å². The van der Waals surface area contributed by atoms with Crippen LogP contribution in [0.5, 0.6) is 0 Å². The zero-order chi connectivity index (χ0) is 15.5. The highest BCUT2D eigenvalue weighted by molar-refractivity contribution is 9.10. The number of pyridine rings is 1. The number of hydrogen-bond donors (Lipinski definition) is 1. The van der Waals surface area contributed by atoms with E-state index in [2.05, 4.69) is 25.8 Å². The summed E-state index contributed by atoms with van der Waals surface area (Å²) in [7, 11) is -1.61. The second-order valence-corrected chi connectivity index (χ2v) is 8.02. The third kappa shape index (κ3) is 4.01. The first kappa shape index (κ1) is 16.8. The van der Waals surface area contributed by atoms with Crippen molar-refractivity contribution in [2.24, 2.45) is 0 Å². The van der Waals surface area contributed by atoms with E-state index < -0.39 is 10.0 Å². The van der Waals surface area contributed by atoms with E-state index in [0.29, 0.717) is 4.47 Å². The van der Waals surface area contributed by atoms with Crippen molar-refractivity contribution >= 4 is 26.0 Å². The summed E-state index contributed by atoms with van der Waals surface area (Å²) in [5, 5.41) is 9.24. The van der Waals surface area contributed by atoms with E-state index in [1.807, 2.05) is 7.05 Å². The third-order valence-electron chi connectivity index (χ3n) is 3.70. The van der Waals surface area contributed by atoms with E-state index >= 15 is 0 Å². The van der Waals surface area contributed by atoms with Crippen LogP contribution in [0.1, 0.15) is 12.8 Å². The molecular weight excluding hydrogens is 358 g/mol. The minimum atomic E-state index is -3.64. The zero-order valence-electron chi connectivity index (χ0n) is 11.9. The Balaban J connectivity index is 2.28. The molecule has 1 N–H and O–H groups in total. The Labute approximate surface area is 134 Å². The van der Waals surface area contributed by atoms with Gasteiger partial charge in [-0.3, -0.25) is 4.98 Å². The summed E-state index contributed by atoms with van der Waals surface area (Å²) in [6.45, 7) is 1.65. The van der Waals surface area contributed by atoms with E-state index in [1.54, 1.807) is 12.3 Å². The van der Waals surface area contributed by atoms with Gasteiger partial charge < -0.3 is 10.0 Å². The molecular formula is C13H20BrN3O3S. The average molecular weight is 378 g/mol. The quantitative estimate of drug-likeness (QED) is 0.825. The van der Waals surface area contributed by atoms with Crippen LogP contribution in [0.2, 0.25) is 0 Å². The lowest BCUT2D eigenvalue weighted by atomic mass is 10.1. The zero-order valence-corrected chi connectivity index (χ0v) is 14.3. The number of aliphatic hydroxyl groups excluding tert-OH is 1. The van der Waals surface area contributed by atoms with Crippen molar-refractivity contribution in [3.63, 3.8) is 0 Å². The monoisotopic (exact) mass is 377 g/mol. The molecule has 118 valence electrons. The van der Waals surface area contributed by atoms with Gasteiger partial charge >= 0.3 is 0 Å². The number of piperidine rings is 1. The highest BCUT2D eigenvalue weighted by Gasteiger charge is 2.33. The Morgan fingerprint density at radius 3 is 2.67 bits per heavy atom. The van der Waals surface area contributed by atoms with Crippen LogP contribution in [0.3, 0.4) is 0 Å². The van der Waals surface area contributed by atoms with Crippen molar-refractivity contribution in [3.8, 4) is 0 Å². The summed E-state index contributed by atoms with van der Waals surface area (Å²) in [4.78, 5) is 6.26. The molecule has 2 rings (SSSR count). The lowest BCUT2D eigenvalue weighted by Gasteiger charge is -2.36. The number of aliphatic hydroxyl groups is 1. The lowest BCUT2D eigenvalue weighted by Crippen LogP contribution is -2.47. The summed E-state index contributed by atoms with van der Waals surface area (Å²) < 4.78 is 27.6. The molecule has 0 bridgehead atoms. The number of likely N-dealkylation sites (tertiary alicyclic amines) is 1. The van der Waals surface area contributed by atoms with Gasteiger partial charge in [-0.05, 0) is 55.0 Å². The summed E-state index contributed by atoms with van der Waals surface area (Å²) >= 11 is 3.25. The number of hydrogen-bond acceptors (Lipinski definition) is 5. The molecule has 6 nitrogen and oxygen atoms in total. The first-order valence-electron chi connectivity index (χ1n) is 6.87. The topological polar surface area (TPSA) is 73.7 Å². The van der Waals surface area contributed by atoms with Crippen molar-refractivity contribution in [2.75, 3.05) is 33.3 Å². The second-order valence-electron chi connectivity index (χ2n) is 5.21. The van der Waals surface area contributed by atoms with Crippen molar-refractivity contribution in [3.05, 3.63) is 22.9 Å². The lowest BCUT2D eigenvalue weighted by molar-refractivity contribution is 0.161. The van der Waals surface area contributed by atoms with Crippen LogP contribution in [0.4, 0.5) is 0 Å². The Morgan fingerprint density at radius 1 is 1.43 bits per heavy atom. The van der Waals surface area contributed by atoms with Gasteiger partial charge in [-0.15, -0.1) is 0 Å². The predicted octanol–water partition coefficient (Wildman–Crippen LogP) is 0.921. The molecule has 0 radical (unpaired) electrons. The van der Waals surface area contributed by atoms with Crippen LogP contribution in [0.25, 0.3) is 0 Å². The van der Waals surface area contributed by atoms with Crippen molar-refractivity contribution in [1.82, 2.24) is 14.2 Å². The number of sulfonamides is 1. The smallest absolute Gasteiger partial charge is 0.244 e. The van der Waals surface area contributed by atoms with Gasteiger partial charge in [0.05, 0.1) is 6.61 Å². The molecule has 21 heavy (non-hydrogen) atoms. The molecule has 1 fully saturated rings. The van der Waals surface area contributed by atoms with Gasteiger partial charge in [-0.2, -0.15) is 4.31 Å². The Hall–Kier alpha value is -0.540. The van der Waals surface area contributed by atoms with Crippen LogP contribution in [-0.2, 0) is 10.0 Å². The standard InChI is InChI=1S/C13H20BrN3O3S/c1-16-4-2-12(3-5-16)17(6-7-18)21(19,20)13-8-11(14)9-15-10-13/h8-10,12,18H,2-7H2,1H3. The molecule has 0 saturated carbocycles. The van der Waals surface area contributed by atoms with Crippen LogP contribution in [0, 0.1) is 0 Å². The van der Waals surface area contributed by atoms with Gasteiger partial charge in [-0.1, -0.05) is 0 Å². The number of halogens is 1. The first-order valence-corrected chi connectivity index (χ1v) is 9.10. The maximum absolute atomic E-state index is 12.8. The minimum Gasteiger partial charge on any atom is -0.395 e. The summed E-state index contributed by atoms with van der Waals surface area (Å²) in [6, 6.07) is 1.47. The first-order chi connectivity index (χ1) is 9.95. The van der Waals surface area contributed by atoms with E-state index in [0.717, 1.165) is 25.9 Å².